The van der Waals surface area contributed by atoms with Gasteiger partial charge in [0.25, 0.3) is 0 Å². The SMILES string of the molecule is CC(C)(C)OC(=O)Nc1cccc(NCc2ccccn2)c1. The van der Waals surface area contributed by atoms with E-state index in [9.17, 15) is 4.79 Å². The van der Waals surface area contributed by atoms with E-state index in [1.54, 1.807) is 6.20 Å². The van der Waals surface area contributed by atoms with Crippen molar-refractivity contribution in [2.24, 2.45) is 0 Å². The Morgan fingerprint density at radius 2 is 1.91 bits per heavy atom. The lowest BCUT2D eigenvalue weighted by atomic mass is 10.2. The van der Waals surface area contributed by atoms with Crippen LogP contribution >= 0.6 is 0 Å². The van der Waals surface area contributed by atoms with Crippen molar-refractivity contribution in [3.05, 3.63) is 54.4 Å². The van der Waals surface area contributed by atoms with Gasteiger partial charge in [0.2, 0.25) is 0 Å². The average molecular weight is 299 g/mol. The summed E-state index contributed by atoms with van der Waals surface area (Å²) in [5.41, 5.74) is 2.02. The Morgan fingerprint density at radius 3 is 2.59 bits per heavy atom. The molecular weight excluding hydrogens is 278 g/mol. The second-order valence-electron chi connectivity index (χ2n) is 5.88. The quantitative estimate of drug-likeness (QED) is 0.894. The van der Waals surface area contributed by atoms with Crippen LogP contribution in [0.3, 0.4) is 0 Å². The molecule has 1 heterocycles. The number of benzene rings is 1. The molecule has 0 radical (unpaired) electrons. The molecule has 0 spiro atoms. The van der Waals surface area contributed by atoms with E-state index in [0.717, 1.165) is 11.4 Å². The summed E-state index contributed by atoms with van der Waals surface area (Å²) in [7, 11) is 0. The number of pyridine rings is 1. The van der Waals surface area contributed by atoms with E-state index in [1.807, 2.05) is 63.2 Å². The third-order valence-corrected chi connectivity index (χ3v) is 2.71. The van der Waals surface area contributed by atoms with Gasteiger partial charge >= 0.3 is 6.09 Å². The van der Waals surface area contributed by atoms with Crippen molar-refractivity contribution in [2.45, 2.75) is 32.9 Å². The topological polar surface area (TPSA) is 63.2 Å². The van der Waals surface area contributed by atoms with Gasteiger partial charge in [-0.25, -0.2) is 4.79 Å². The van der Waals surface area contributed by atoms with Gasteiger partial charge in [0.05, 0.1) is 12.2 Å². The number of rotatable bonds is 4. The summed E-state index contributed by atoms with van der Waals surface area (Å²) in [5.74, 6) is 0. The van der Waals surface area contributed by atoms with Crippen LogP contribution in [0, 0.1) is 0 Å². The molecular formula is C17H21N3O2. The summed E-state index contributed by atoms with van der Waals surface area (Å²) in [6.07, 6.45) is 1.30. The second kappa shape index (κ2) is 6.93. The van der Waals surface area contributed by atoms with Crippen LogP contribution in [0.5, 0.6) is 0 Å². The standard InChI is InChI=1S/C17H21N3O2/c1-17(2,3)22-16(21)20-14-9-6-8-13(11-14)19-12-15-7-4-5-10-18-15/h4-11,19H,12H2,1-3H3,(H,20,21). The summed E-state index contributed by atoms with van der Waals surface area (Å²) >= 11 is 0. The first kappa shape index (κ1) is 15.8. The fraction of sp³-hybridized carbons (Fsp3) is 0.294. The number of ether oxygens (including phenoxy) is 1. The zero-order valence-corrected chi connectivity index (χ0v) is 13.1. The van der Waals surface area contributed by atoms with Gasteiger partial charge in [-0.3, -0.25) is 10.3 Å². The summed E-state index contributed by atoms with van der Waals surface area (Å²) in [4.78, 5) is 16.0. The van der Waals surface area contributed by atoms with Crippen LogP contribution in [0.1, 0.15) is 26.5 Å². The Bertz CT molecular complexity index is 621. The van der Waals surface area contributed by atoms with Gasteiger partial charge in [-0.1, -0.05) is 12.1 Å². The third kappa shape index (κ3) is 5.44. The van der Waals surface area contributed by atoms with Crippen molar-refractivity contribution in [1.29, 1.82) is 0 Å². The maximum absolute atomic E-state index is 11.8. The minimum absolute atomic E-state index is 0.464. The van der Waals surface area contributed by atoms with Crippen LogP contribution < -0.4 is 10.6 Å². The maximum Gasteiger partial charge on any atom is 0.412 e. The molecule has 2 rings (SSSR count). The lowest BCUT2D eigenvalue weighted by molar-refractivity contribution is 0.0636. The third-order valence-electron chi connectivity index (χ3n) is 2.71. The Hall–Kier alpha value is -2.56. The van der Waals surface area contributed by atoms with E-state index in [1.165, 1.54) is 0 Å². The highest BCUT2D eigenvalue weighted by molar-refractivity contribution is 5.85. The average Bonchev–Trinajstić information content (AvgIpc) is 2.44. The van der Waals surface area contributed by atoms with Gasteiger partial charge in [-0.2, -0.15) is 0 Å². The summed E-state index contributed by atoms with van der Waals surface area (Å²) < 4.78 is 5.23. The first-order valence-corrected chi connectivity index (χ1v) is 7.16. The monoisotopic (exact) mass is 299 g/mol. The summed E-state index contributed by atoms with van der Waals surface area (Å²) in [6.45, 7) is 6.11. The number of carbonyl (C=O) groups is 1. The van der Waals surface area contributed by atoms with Crippen LogP contribution in [-0.2, 0) is 11.3 Å². The molecule has 1 amide bonds. The number of anilines is 2. The molecule has 1 aromatic heterocycles. The molecule has 0 aliphatic heterocycles. The normalized spacial score (nSPS) is 10.9. The van der Waals surface area contributed by atoms with E-state index in [2.05, 4.69) is 15.6 Å². The predicted octanol–water partition coefficient (Wildman–Crippen LogP) is 4.04. The molecule has 116 valence electrons. The Balaban J connectivity index is 1.94. The number of amides is 1. The minimum atomic E-state index is -0.515. The lowest BCUT2D eigenvalue weighted by Crippen LogP contribution is -2.27. The number of nitrogens with one attached hydrogen (secondary N) is 2. The van der Waals surface area contributed by atoms with Crippen LogP contribution in [0.4, 0.5) is 16.2 Å². The van der Waals surface area contributed by atoms with Gasteiger partial charge in [0.1, 0.15) is 5.60 Å². The molecule has 5 nitrogen and oxygen atoms in total. The molecule has 2 aromatic rings. The first-order chi connectivity index (χ1) is 10.4. The number of aromatic nitrogens is 1. The highest BCUT2D eigenvalue weighted by Crippen LogP contribution is 2.17. The Morgan fingerprint density at radius 1 is 1.14 bits per heavy atom. The van der Waals surface area contributed by atoms with Gasteiger partial charge in [-0.15, -0.1) is 0 Å². The molecule has 0 unspecified atom stereocenters. The van der Waals surface area contributed by atoms with Crippen LogP contribution in [0.25, 0.3) is 0 Å². The van der Waals surface area contributed by atoms with E-state index in [-0.39, 0.29) is 0 Å². The number of hydrogen-bond donors (Lipinski definition) is 2. The van der Waals surface area contributed by atoms with E-state index in [0.29, 0.717) is 12.2 Å². The maximum atomic E-state index is 11.8. The second-order valence-corrected chi connectivity index (χ2v) is 5.88. The van der Waals surface area contributed by atoms with Gasteiger partial charge < -0.3 is 10.1 Å². The van der Waals surface area contributed by atoms with Crippen molar-refractivity contribution in [3.8, 4) is 0 Å². The molecule has 0 bridgehead atoms. The summed E-state index contributed by atoms with van der Waals surface area (Å²) in [6, 6.07) is 13.3. The number of hydrogen-bond acceptors (Lipinski definition) is 4. The number of carbonyl (C=O) groups excluding carboxylic acids is 1. The van der Waals surface area contributed by atoms with Crippen molar-refractivity contribution >= 4 is 17.5 Å². The lowest BCUT2D eigenvalue weighted by Gasteiger charge is -2.19. The Labute approximate surface area is 130 Å². The highest BCUT2D eigenvalue weighted by Gasteiger charge is 2.16. The molecule has 0 saturated carbocycles. The van der Waals surface area contributed by atoms with Crippen molar-refractivity contribution in [1.82, 2.24) is 4.98 Å². The van der Waals surface area contributed by atoms with Gasteiger partial charge in [0, 0.05) is 17.6 Å². The molecule has 2 N–H and O–H groups in total. The molecule has 1 aromatic carbocycles. The van der Waals surface area contributed by atoms with E-state index in [4.69, 9.17) is 4.74 Å². The van der Waals surface area contributed by atoms with Crippen molar-refractivity contribution in [2.75, 3.05) is 10.6 Å². The zero-order chi connectivity index (χ0) is 16.0. The van der Waals surface area contributed by atoms with Crippen molar-refractivity contribution < 1.29 is 9.53 Å². The molecule has 0 atom stereocenters. The molecule has 22 heavy (non-hydrogen) atoms. The smallest absolute Gasteiger partial charge is 0.412 e. The Kier molecular flexibility index (Phi) is 4.99. The largest absolute Gasteiger partial charge is 0.444 e. The fourth-order valence-electron chi connectivity index (χ4n) is 1.82. The number of nitrogens with zero attached hydrogens (tertiary/aromatic N) is 1. The van der Waals surface area contributed by atoms with Crippen molar-refractivity contribution in [3.63, 3.8) is 0 Å². The molecule has 0 aliphatic rings. The zero-order valence-electron chi connectivity index (χ0n) is 13.1. The van der Waals surface area contributed by atoms with E-state index < -0.39 is 11.7 Å². The molecule has 0 aliphatic carbocycles. The highest BCUT2D eigenvalue weighted by atomic mass is 16.6. The minimum Gasteiger partial charge on any atom is -0.444 e. The van der Waals surface area contributed by atoms with Gasteiger partial charge in [-0.05, 0) is 51.1 Å². The van der Waals surface area contributed by atoms with Crippen LogP contribution in [0.2, 0.25) is 0 Å². The van der Waals surface area contributed by atoms with E-state index >= 15 is 0 Å². The van der Waals surface area contributed by atoms with Crippen LogP contribution in [-0.4, -0.2) is 16.7 Å². The molecule has 0 saturated heterocycles. The van der Waals surface area contributed by atoms with Crippen LogP contribution in [0.15, 0.2) is 48.7 Å². The fourth-order valence-corrected chi connectivity index (χ4v) is 1.82. The van der Waals surface area contributed by atoms with Gasteiger partial charge in [0.15, 0.2) is 0 Å². The molecule has 0 fully saturated rings. The summed E-state index contributed by atoms with van der Waals surface area (Å²) in [5, 5.41) is 5.99. The predicted molar refractivity (Wildman–Crippen MR) is 87.9 cm³/mol. The molecule has 5 heteroatoms. The first-order valence-electron chi connectivity index (χ1n) is 7.16.